The summed E-state index contributed by atoms with van der Waals surface area (Å²) in [4.78, 5) is 11.5. The molecule has 0 aliphatic carbocycles. The quantitative estimate of drug-likeness (QED) is 0.618. The van der Waals surface area contributed by atoms with Crippen LogP contribution in [-0.4, -0.2) is 36.9 Å². The third-order valence-corrected chi connectivity index (χ3v) is 3.81. The standard InChI is InChI=1S/C16H27NO3/c1-8-16(17-7)14(11(4)5)20-13(9-10(2)3)15(16)19-12(6)18/h1,10-11,13-15,17H,9H2,2-7H3/t13-,14+,15-,16+/m1/s1. The highest BCUT2D eigenvalue weighted by Gasteiger charge is 2.57. The highest BCUT2D eigenvalue weighted by molar-refractivity contribution is 5.66. The van der Waals surface area contributed by atoms with Gasteiger partial charge in [0, 0.05) is 6.92 Å². The van der Waals surface area contributed by atoms with E-state index >= 15 is 0 Å². The average Bonchev–Trinajstić information content (AvgIpc) is 2.63. The van der Waals surface area contributed by atoms with E-state index in [1.54, 1.807) is 7.05 Å². The minimum atomic E-state index is -0.764. The van der Waals surface area contributed by atoms with Crippen molar-refractivity contribution in [1.29, 1.82) is 0 Å². The van der Waals surface area contributed by atoms with E-state index in [2.05, 4.69) is 38.9 Å². The largest absolute Gasteiger partial charge is 0.457 e. The number of carbonyl (C=O) groups excluding carboxylic acids is 1. The number of rotatable bonds is 5. The van der Waals surface area contributed by atoms with Crippen LogP contribution in [0.2, 0.25) is 0 Å². The molecule has 114 valence electrons. The summed E-state index contributed by atoms with van der Waals surface area (Å²) in [7, 11) is 1.80. The molecule has 0 aromatic carbocycles. The van der Waals surface area contributed by atoms with Gasteiger partial charge in [-0.05, 0) is 25.3 Å². The Bertz CT molecular complexity index is 386. The summed E-state index contributed by atoms with van der Waals surface area (Å²) in [5.74, 6) is 3.15. The Labute approximate surface area is 122 Å². The second-order valence-electron chi connectivity index (χ2n) is 6.26. The Hall–Kier alpha value is -1.05. The van der Waals surface area contributed by atoms with Crippen molar-refractivity contribution in [2.24, 2.45) is 11.8 Å². The third-order valence-electron chi connectivity index (χ3n) is 3.81. The monoisotopic (exact) mass is 281 g/mol. The molecule has 0 bridgehead atoms. The van der Waals surface area contributed by atoms with E-state index in [-0.39, 0.29) is 24.1 Å². The van der Waals surface area contributed by atoms with Gasteiger partial charge in [-0.1, -0.05) is 33.6 Å². The van der Waals surface area contributed by atoms with E-state index < -0.39 is 11.6 Å². The zero-order valence-corrected chi connectivity index (χ0v) is 13.4. The van der Waals surface area contributed by atoms with Crippen LogP contribution < -0.4 is 5.32 Å². The van der Waals surface area contributed by atoms with Crippen LogP contribution in [0.3, 0.4) is 0 Å². The number of hydrogen-bond donors (Lipinski definition) is 1. The maximum atomic E-state index is 11.5. The lowest BCUT2D eigenvalue weighted by Gasteiger charge is -2.35. The fourth-order valence-electron chi connectivity index (χ4n) is 3.02. The normalized spacial score (nSPS) is 33.5. The molecule has 0 aromatic rings. The number of esters is 1. The van der Waals surface area contributed by atoms with Crippen LogP contribution in [0.15, 0.2) is 0 Å². The molecule has 1 heterocycles. The highest BCUT2D eigenvalue weighted by atomic mass is 16.6. The fourth-order valence-corrected chi connectivity index (χ4v) is 3.02. The van der Waals surface area contributed by atoms with Crippen molar-refractivity contribution in [2.75, 3.05) is 7.05 Å². The Morgan fingerprint density at radius 1 is 1.45 bits per heavy atom. The zero-order valence-electron chi connectivity index (χ0n) is 13.4. The number of nitrogens with one attached hydrogen (secondary N) is 1. The van der Waals surface area contributed by atoms with Gasteiger partial charge in [0.1, 0.15) is 5.54 Å². The molecule has 1 rings (SSSR count). The summed E-state index contributed by atoms with van der Waals surface area (Å²) in [6.45, 7) is 9.78. The smallest absolute Gasteiger partial charge is 0.303 e. The summed E-state index contributed by atoms with van der Waals surface area (Å²) in [5.41, 5.74) is -0.764. The second-order valence-corrected chi connectivity index (χ2v) is 6.26. The Morgan fingerprint density at radius 2 is 2.05 bits per heavy atom. The van der Waals surface area contributed by atoms with E-state index in [0.29, 0.717) is 5.92 Å². The molecule has 0 spiro atoms. The molecule has 0 saturated carbocycles. The van der Waals surface area contributed by atoms with Crippen LogP contribution in [-0.2, 0) is 14.3 Å². The number of terminal acetylenes is 1. The molecule has 4 atom stereocenters. The molecule has 0 radical (unpaired) electrons. The van der Waals surface area contributed by atoms with Gasteiger partial charge < -0.3 is 9.47 Å². The van der Waals surface area contributed by atoms with E-state index in [4.69, 9.17) is 15.9 Å². The third kappa shape index (κ3) is 3.16. The number of carbonyl (C=O) groups is 1. The first-order valence-electron chi connectivity index (χ1n) is 7.27. The first-order chi connectivity index (χ1) is 9.28. The molecule has 0 unspecified atom stereocenters. The van der Waals surface area contributed by atoms with E-state index in [1.165, 1.54) is 6.92 Å². The van der Waals surface area contributed by atoms with Crippen molar-refractivity contribution >= 4 is 5.97 Å². The van der Waals surface area contributed by atoms with E-state index in [1.807, 2.05) is 0 Å². The summed E-state index contributed by atoms with van der Waals surface area (Å²) in [5, 5.41) is 3.18. The Kier molecular flexibility index (Phi) is 5.61. The molecule has 20 heavy (non-hydrogen) atoms. The predicted octanol–water partition coefficient (Wildman–Crippen LogP) is 1.98. The number of hydrogen-bond acceptors (Lipinski definition) is 4. The molecule has 1 fully saturated rings. The van der Waals surface area contributed by atoms with Crippen LogP contribution in [0.5, 0.6) is 0 Å². The van der Waals surface area contributed by atoms with Gasteiger partial charge in [0.15, 0.2) is 6.10 Å². The van der Waals surface area contributed by atoms with Gasteiger partial charge in [-0.3, -0.25) is 10.1 Å². The van der Waals surface area contributed by atoms with Gasteiger partial charge in [-0.2, -0.15) is 0 Å². The van der Waals surface area contributed by atoms with Crippen LogP contribution in [0, 0.1) is 24.2 Å². The minimum Gasteiger partial charge on any atom is -0.457 e. The lowest BCUT2D eigenvalue weighted by atomic mass is 9.81. The molecule has 0 aromatic heterocycles. The molecular weight excluding hydrogens is 254 g/mol. The van der Waals surface area contributed by atoms with Crippen molar-refractivity contribution in [3.63, 3.8) is 0 Å². The highest BCUT2D eigenvalue weighted by Crippen LogP contribution is 2.39. The minimum absolute atomic E-state index is 0.171. The molecule has 4 nitrogen and oxygen atoms in total. The molecule has 0 amide bonds. The SMILES string of the molecule is C#C[C@@]1(NC)[C@H](OC(C)=O)[C@@H](CC(C)C)O[C@H]1C(C)C. The molecule has 1 aliphatic rings. The Balaban J connectivity index is 3.17. The molecular formula is C16H27NO3. The van der Waals surface area contributed by atoms with Crippen molar-refractivity contribution < 1.29 is 14.3 Å². The number of ether oxygens (including phenoxy) is 2. The summed E-state index contributed by atoms with van der Waals surface area (Å²) in [6.07, 6.45) is 5.79. The zero-order chi connectivity index (χ0) is 15.5. The van der Waals surface area contributed by atoms with Crippen molar-refractivity contribution in [2.45, 2.75) is 64.9 Å². The summed E-state index contributed by atoms with van der Waals surface area (Å²) < 4.78 is 11.7. The van der Waals surface area contributed by atoms with Crippen LogP contribution in [0.4, 0.5) is 0 Å². The van der Waals surface area contributed by atoms with Gasteiger partial charge in [0.2, 0.25) is 0 Å². The fraction of sp³-hybridized carbons (Fsp3) is 0.812. The maximum absolute atomic E-state index is 11.5. The lowest BCUT2D eigenvalue weighted by molar-refractivity contribution is -0.151. The topological polar surface area (TPSA) is 47.6 Å². The van der Waals surface area contributed by atoms with Crippen LogP contribution in [0.1, 0.15) is 41.0 Å². The number of likely N-dealkylation sites (N-methyl/N-ethyl adjacent to an activating group) is 1. The second kappa shape index (κ2) is 6.60. The molecule has 1 aliphatic heterocycles. The maximum Gasteiger partial charge on any atom is 0.303 e. The van der Waals surface area contributed by atoms with Crippen LogP contribution in [0.25, 0.3) is 0 Å². The molecule has 1 N–H and O–H groups in total. The van der Waals surface area contributed by atoms with Crippen LogP contribution >= 0.6 is 0 Å². The van der Waals surface area contributed by atoms with Crippen molar-refractivity contribution in [1.82, 2.24) is 5.32 Å². The van der Waals surface area contributed by atoms with E-state index in [9.17, 15) is 4.79 Å². The first-order valence-corrected chi connectivity index (χ1v) is 7.27. The lowest BCUT2D eigenvalue weighted by Crippen LogP contribution is -2.59. The predicted molar refractivity (Wildman–Crippen MR) is 79.1 cm³/mol. The van der Waals surface area contributed by atoms with Gasteiger partial charge in [-0.25, -0.2) is 0 Å². The molecule has 4 heteroatoms. The van der Waals surface area contributed by atoms with E-state index in [0.717, 1.165) is 6.42 Å². The van der Waals surface area contributed by atoms with Gasteiger partial charge in [-0.15, -0.1) is 6.42 Å². The Morgan fingerprint density at radius 3 is 2.40 bits per heavy atom. The van der Waals surface area contributed by atoms with Crippen molar-refractivity contribution in [3.8, 4) is 12.3 Å². The average molecular weight is 281 g/mol. The molecule has 1 saturated heterocycles. The first kappa shape index (κ1) is 17.0. The summed E-state index contributed by atoms with van der Waals surface area (Å²) in [6, 6.07) is 0. The summed E-state index contributed by atoms with van der Waals surface area (Å²) >= 11 is 0. The van der Waals surface area contributed by atoms with Gasteiger partial charge in [0.05, 0.1) is 12.2 Å². The van der Waals surface area contributed by atoms with Gasteiger partial charge in [0.25, 0.3) is 0 Å². The van der Waals surface area contributed by atoms with Crippen molar-refractivity contribution in [3.05, 3.63) is 0 Å². The van der Waals surface area contributed by atoms with Gasteiger partial charge >= 0.3 is 5.97 Å².